The van der Waals surface area contributed by atoms with Gasteiger partial charge in [-0.3, -0.25) is 4.98 Å². The molecule has 1 heterocycles. The summed E-state index contributed by atoms with van der Waals surface area (Å²) in [5.74, 6) is 0.913. The van der Waals surface area contributed by atoms with E-state index in [9.17, 15) is 0 Å². The van der Waals surface area contributed by atoms with Gasteiger partial charge in [-0.25, -0.2) is 4.98 Å². The number of rotatable bonds is 5. The Morgan fingerprint density at radius 1 is 1.47 bits per heavy atom. The summed E-state index contributed by atoms with van der Waals surface area (Å²) in [6.45, 7) is 5.70. The number of hydrogen-bond donors (Lipinski definition) is 1. The lowest BCUT2D eigenvalue weighted by atomic mass is 10.3. The molecule has 2 N–H and O–H groups in total. The molecule has 0 aliphatic carbocycles. The van der Waals surface area contributed by atoms with E-state index in [2.05, 4.69) is 21.8 Å². The SMILES string of the molecule is CCN(CCC(N)=S)c1nccnc1C. The molecule has 0 aliphatic rings. The van der Waals surface area contributed by atoms with E-state index < -0.39 is 0 Å². The smallest absolute Gasteiger partial charge is 0.150 e. The summed E-state index contributed by atoms with van der Waals surface area (Å²) >= 11 is 4.86. The first-order chi connectivity index (χ1) is 7.15. The molecule has 0 fully saturated rings. The second kappa shape index (κ2) is 5.60. The summed E-state index contributed by atoms with van der Waals surface area (Å²) in [7, 11) is 0. The minimum absolute atomic E-state index is 0.537. The maximum atomic E-state index is 5.48. The van der Waals surface area contributed by atoms with E-state index in [-0.39, 0.29) is 0 Å². The summed E-state index contributed by atoms with van der Waals surface area (Å²) in [5, 5.41) is 0. The Morgan fingerprint density at radius 3 is 2.67 bits per heavy atom. The molecule has 0 saturated carbocycles. The van der Waals surface area contributed by atoms with Crippen molar-refractivity contribution in [3.05, 3.63) is 18.1 Å². The molecule has 1 aromatic heterocycles. The van der Waals surface area contributed by atoms with Crippen LogP contribution in [0.5, 0.6) is 0 Å². The van der Waals surface area contributed by atoms with Crippen LogP contribution in [0.3, 0.4) is 0 Å². The Morgan fingerprint density at radius 2 is 2.13 bits per heavy atom. The van der Waals surface area contributed by atoms with Crippen molar-refractivity contribution >= 4 is 23.0 Å². The molecule has 0 aromatic carbocycles. The van der Waals surface area contributed by atoms with Gasteiger partial charge >= 0.3 is 0 Å². The highest BCUT2D eigenvalue weighted by molar-refractivity contribution is 7.80. The Labute approximate surface area is 95.5 Å². The maximum absolute atomic E-state index is 5.48. The average molecular weight is 224 g/mol. The van der Waals surface area contributed by atoms with Crippen molar-refractivity contribution in [2.24, 2.45) is 5.73 Å². The van der Waals surface area contributed by atoms with Gasteiger partial charge in [-0.2, -0.15) is 0 Å². The Balaban J connectivity index is 2.74. The zero-order chi connectivity index (χ0) is 11.3. The molecule has 1 rings (SSSR count). The summed E-state index contributed by atoms with van der Waals surface area (Å²) in [4.78, 5) is 11.2. The van der Waals surface area contributed by atoms with Crippen LogP contribution in [0.1, 0.15) is 19.0 Å². The fourth-order valence-corrected chi connectivity index (χ4v) is 1.46. The van der Waals surface area contributed by atoms with Crippen molar-refractivity contribution < 1.29 is 0 Å². The normalized spacial score (nSPS) is 10.0. The largest absolute Gasteiger partial charge is 0.393 e. The second-order valence-corrected chi connectivity index (χ2v) is 3.79. The van der Waals surface area contributed by atoms with Crippen molar-refractivity contribution in [2.75, 3.05) is 18.0 Å². The minimum Gasteiger partial charge on any atom is -0.393 e. The van der Waals surface area contributed by atoms with Gasteiger partial charge < -0.3 is 10.6 Å². The molecule has 1 aromatic rings. The van der Waals surface area contributed by atoms with Crippen LogP contribution in [0, 0.1) is 6.92 Å². The van der Waals surface area contributed by atoms with Crippen molar-refractivity contribution in [1.29, 1.82) is 0 Å². The summed E-state index contributed by atoms with van der Waals surface area (Å²) < 4.78 is 0. The molecule has 82 valence electrons. The monoisotopic (exact) mass is 224 g/mol. The molecule has 4 nitrogen and oxygen atoms in total. The van der Waals surface area contributed by atoms with Crippen LogP contribution >= 0.6 is 12.2 Å². The Bertz CT molecular complexity index is 340. The van der Waals surface area contributed by atoms with Crippen LogP contribution in [-0.4, -0.2) is 28.0 Å². The summed E-state index contributed by atoms with van der Waals surface area (Å²) in [6, 6.07) is 0. The van der Waals surface area contributed by atoms with Gasteiger partial charge in [0, 0.05) is 31.9 Å². The van der Waals surface area contributed by atoms with E-state index in [1.807, 2.05) is 6.92 Å². The third kappa shape index (κ3) is 3.43. The Kier molecular flexibility index (Phi) is 4.42. The number of aryl methyl sites for hydroxylation is 1. The quantitative estimate of drug-likeness (QED) is 0.764. The van der Waals surface area contributed by atoms with E-state index >= 15 is 0 Å². The van der Waals surface area contributed by atoms with Crippen LogP contribution in [0.4, 0.5) is 5.82 Å². The number of aromatic nitrogens is 2. The molecule has 15 heavy (non-hydrogen) atoms. The van der Waals surface area contributed by atoms with Crippen LogP contribution in [0.25, 0.3) is 0 Å². The molecule has 0 bridgehead atoms. The topological polar surface area (TPSA) is 55.0 Å². The summed E-state index contributed by atoms with van der Waals surface area (Å²) in [6.07, 6.45) is 4.10. The predicted molar refractivity (Wildman–Crippen MR) is 66.1 cm³/mol. The highest BCUT2D eigenvalue weighted by Crippen LogP contribution is 2.13. The van der Waals surface area contributed by atoms with Crippen LogP contribution in [0.2, 0.25) is 0 Å². The van der Waals surface area contributed by atoms with E-state index in [0.29, 0.717) is 11.4 Å². The van der Waals surface area contributed by atoms with Gasteiger partial charge in [0.1, 0.15) is 5.82 Å². The van der Waals surface area contributed by atoms with Crippen molar-refractivity contribution in [2.45, 2.75) is 20.3 Å². The van der Waals surface area contributed by atoms with Crippen LogP contribution < -0.4 is 10.6 Å². The van der Waals surface area contributed by atoms with Crippen molar-refractivity contribution in [1.82, 2.24) is 9.97 Å². The fourth-order valence-electron chi connectivity index (χ4n) is 1.37. The van der Waals surface area contributed by atoms with Gasteiger partial charge in [-0.1, -0.05) is 12.2 Å². The molecular weight excluding hydrogens is 208 g/mol. The van der Waals surface area contributed by atoms with Crippen molar-refractivity contribution in [3.8, 4) is 0 Å². The molecular formula is C10H16N4S. The average Bonchev–Trinajstić information content (AvgIpc) is 2.21. The van der Waals surface area contributed by atoms with E-state index in [4.69, 9.17) is 18.0 Å². The van der Waals surface area contributed by atoms with E-state index in [0.717, 1.165) is 24.6 Å². The van der Waals surface area contributed by atoms with Gasteiger partial charge in [-0.15, -0.1) is 0 Å². The first-order valence-electron chi connectivity index (χ1n) is 4.96. The zero-order valence-corrected chi connectivity index (χ0v) is 9.92. The Hall–Kier alpha value is -1.23. The van der Waals surface area contributed by atoms with Gasteiger partial charge in [0.2, 0.25) is 0 Å². The molecule has 0 atom stereocenters. The van der Waals surface area contributed by atoms with Crippen LogP contribution in [0.15, 0.2) is 12.4 Å². The number of hydrogen-bond acceptors (Lipinski definition) is 4. The van der Waals surface area contributed by atoms with E-state index in [1.165, 1.54) is 0 Å². The molecule has 0 spiro atoms. The van der Waals surface area contributed by atoms with Crippen molar-refractivity contribution in [3.63, 3.8) is 0 Å². The molecule has 5 heteroatoms. The standard InChI is InChI=1S/C10H16N4S/c1-3-14(7-4-9(11)15)10-8(2)12-5-6-13-10/h5-6H,3-4,7H2,1-2H3,(H2,11,15). The minimum atomic E-state index is 0.537. The number of thiocarbonyl (C=S) groups is 1. The molecule has 0 aliphatic heterocycles. The fraction of sp³-hybridized carbons (Fsp3) is 0.500. The molecule has 0 radical (unpaired) electrons. The molecule has 0 amide bonds. The third-order valence-corrected chi connectivity index (χ3v) is 2.37. The number of anilines is 1. The van der Waals surface area contributed by atoms with E-state index in [1.54, 1.807) is 12.4 Å². The predicted octanol–water partition coefficient (Wildman–Crippen LogP) is 1.29. The van der Waals surface area contributed by atoms with Gasteiger partial charge in [-0.05, 0) is 13.8 Å². The lowest BCUT2D eigenvalue weighted by Crippen LogP contribution is -2.28. The first kappa shape index (κ1) is 11.8. The van der Waals surface area contributed by atoms with Gasteiger partial charge in [0.25, 0.3) is 0 Å². The number of nitrogens with zero attached hydrogens (tertiary/aromatic N) is 3. The first-order valence-corrected chi connectivity index (χ1v) is 5.36. The lowest BCUT2D eigenvalue weighted by molar-refractivity contribution is 0.808. The highest BCUT2D eigenvalue weighted by Gasteiger charge is 2.08. The molecule has 0 unspecified atom stereocenters. The summed E-state index contributed by atoms with van der Waals surface area (Å²) in [5.41, 5.74) is 6.41. The second-order valence-electron chi connectivity index (χ2n) is 3.26. The molecule has 0 saturated heterocycles. The number of nitrogens with two attached hydrogens (primary N) is 1. The third-order valence-electron chi connectivity index (χ3n) is 2.16. The van der Waals surface area contributed by atoms with Gasteiger partial charge in [0.15, 0.2) is 0 Å². The van der Waals surface area contributed by atoms with Crippen LogP contribution in [-0.2, 0) is 0 Å². The zero-order valence-electron chi connectivity index (χ0n) is 9.10. The van der Waals surface area contributed by atoms with Gasteiger partial charge in [0.05, 0.1) is 10.7 Å². The highest BCUT2D eigenvalue weighted by atomic mass is 32.1. The maximum Gasteiger partial charge on any atom is 0.150 e. The lowest BCUT2D eigenvalue weighted by Gasteiger charge is -2.22.